The van der Waals surface area contributed by atoms with E-state index < -0.39 is 93.9 Å². The third-order valence-corrected chi connectivity index (χ3v) is 6.91. The number of aryl methyl sites for hydroxylation is 2. The highest BCUT2D eigenvalue weighted by Gasteiger charge is 2.30. The van der Waals surface area contributed by atoms with Crippen LogP contribution in [0.1, 0.15) is 33.6 Å². The van der Waals surface area contributed by atoms with Crippen LogP contribution in [0.25, 0.3) is 0 Å². The molecule has 14 nitrogen and oxygen atoms in total. The van der Waals surface area contributed by atoms with Crippen LogP contribution >= 0.6 is 58.0 Å². The fourth-order valence-corrected chi connectivity index (χ4v) is 4.56. The molecule has 2 heterocycles. The Morgan fingerprint density at radius 3 is 1.57 bits per heavy atom. The first kappa shape index (κ1) is 43.2. The van der Waals surface area contributed by atoms with Crippen molar-refractivity contribution in [1.29, 1.82) is 0 Å². The Morgan fingerprint density at radius 2 is 1.22 bits per heavy atom. The van der Waals surface area contributed by atoms with Gasteiger partial charge in [0.2, 0.25) is 11.9 Å². The van der Waals surface area contributed by atoms with Crippen LogP contribution < -0.4 is 20.5 Å². The van der Waals surface area contributed by atoms with Gasteiger partial charge in [0.15, 0.2) is 11.5 Å². The van der Waals surface area contributed by atoms with Gasteiger partial charge in [0, 0.05) is 14.1 Å². The van der Waals surface area contributed by atoms with E-state index >= 15 is 0 Å². The predicted molar refractivity (Wildman–Crippen MR) is 165 cm³/mol. The Balaban J connectivity index is 0.000000304. The maximum absolute atomic E-state index is 14.1. The number of rotatable bonds is 9. The summed E-state index contributed by atoms with van der Waals surface area (Å²) in [6.07, 6.45) is -11.4. The SMILES string of the molecule is Cn1nnnc1N.Cn1nnnc1NC(=O)c1c(F)cc(Cl)c(OCCC(F)(F)F)c1Cl.O=C(Cl)c1c(F)cc(Cl)c(OCCC(F)(F)F)c1Cl. The summed E-state index contributed by atoms with van der Waals surface area (Å²) in [6, 6.07) is 1.40. The van der Waals surface area contributed by atoms with E-state index in [0.29, 0.717) is 18.1 Å². The summed E-state index contributed by atoms with van der Waals surface area (Å²) in [4.78, 5) is 23.1. The molecular weight excluding hydrogens is 822 g/mol. The Bertz CT molecular complexity index is 1830. The number of carbonyl (C=O) groups excluding carboxylic acids is 2. The van der Waals surface area contributed by atoms with Gasteiger partial charge in [-0.25, -0.2) is 18.1 Å². The van der Waals surface area contributed by atoms with Crippen LogP contribution in [0.2, 0.25) is 20.1 Å². The van der Waals surface area contributed by atoms with Crippen molar-refractivity contribution >= 4 is 81.1 Å². The van der Waals surface area contributed by atoms with E-state index in [9.17, 15) is 44.7 Å². The lowest BCUT2D eigenvalue weighted by atomic mass is 10.2. The molecular formula is C24H19Cl5F8N10O4. The zero-order valence-corrected chi connectivity index (χ0v) is 29.0. The molecule has 51 heavy (non-hydrogen) atoms. The molecule has 0 aliphatic carbocycles. The van der Waals surface area contributed by atoms with Gasteiger partial charge in [-0.1, -0.05) is 56.6 Å². The minimum atomic E-state index is -4.46. The molecule has 0 aliphatic heterocycles. The molecule has 1 amide bonds. The fraction of sp³-hybridized carbons (Fsp3) is 0.333. The average Bonchev–Trinajstić information content (AvgIpc) is 3.57. The molecule has 2 aromatic carbocycles. The number of ether oxygens (including phenoxy) is 2. The summed E-state index contributed by atoms with van der Waals surface area (Å²) in [6.45, 7) is -1.58. The first-order valence-electron chi connectivity index (χ1n) is 13.0. The number of nitrogens with zero attached hydrogens (tertiary/aromatic N) is 8. The normalized spacial score (nSPS) is 11.2. The fourth-order valence-electron chi connectivity index (χ4n) is 3.07. The molecule has 0 fully saturated rings. The lowest BCUT2D eigenvalue weighted by Gasteiger charge is -2.14. The number of anilines is 2. The third-order valence-electron chi connectivity index (χ3n) is 5.44. The number of hydrogen-bond donors (Lipinski definition) is 2. The zero-order chi connectivity index (χ0) is 38.8. The predicted octanol–water partition coefficient (Wildman–Crippen LogP) is 6.87. The van der Waals surface area contributed by atoms with Crippen LogP contribution in [-0.4, -0.2) is 77.1 Å². The molecule has 0 saturated carbocycles. The van der Waals surface area contributed by atoms with Crippen LogP contribution in [0.15, 0.2) is 12.1 Å². The molecule has 0 bridgehead atoms. The van der Waals surface area contributed by atoms with Gasteiger partial charge >= 0.3 is 12.4 Å². The van der Waals surface area contributed by atoms with Gasteiger partial charge in [-0.15, -0.1) is 0 Å². The maximum Gasteiger partial charge on any atom is 0.392 e. The number of tetrazole rings is 2. The van der Waals surface area contributed by atoms with Crippen molar-refractivity contribution in [3.8, 4) is 11.5 Å². The van der Waals surface area contributed by atoms with E-state index in [1.165, 1.54) is 11.7 Å². The van der Waals surface area contributed by atoms with Crippen molar-refractivity contribution < 1.29 is 54.2 Å². The van der Waals surface area contributed by atoms with E-state index in [-0.39, 0.29) is 16.0 Å². The van der Waals surface area contributed by atoms with Crippen molar-refractivity contribution in [2.75, 3.05) is 24.3 Å². The number of halogens is 13. The van der Waals surface area contributed by atoms with E-state index in [2.05, 4.69) is 36.4 Å². The van der Waals surface area contributed by atoms with Crippen LogP contribution in [0.5, 0.6) is 11.5 Å². The van der Waals surface area contributed by atoms with Crippen LogP contribution in [0.3, 0.4) is 0 Å². The Morgan fingerprint density at radius 1 is 0.784 bits per heavy atom. The van der Waals surface area contributed by atoms with E-state index in [4.69, 9.17) is 73.2 Å². The topological polar surface area (TPSA) is 178 Å². The van der Waals surface area contributed by atoms with Gasteiger partial charge in [-0.2, -0.15) is 26.3 Å². The zero-order valence-electron chi connectivity index (χ0n) is 25.2. The number of nitrogen functional groups attached to an aromatic ring is 1. The first-order valence-corrected chi connectivity index (χ1v) is 14.9. The van der Waals surface area contributed by atoms with Gasteiger partial charge in [0.05, 0.1) is 57.3 Å². The van der Waals surface area contributed by atoms with Gasteiger partial charge in [-0.05, 0) is 44.6 Å². The van der Waals surface area contributed by atoms with Gasteiger partial charge in [0.1, 0.15) is 11.6 Å². The minimum absolute atomic E-state index is 0.102. The number of nitrogens with two attached hydrogens (primary N) is 1. The largest absolute Gasteiger partial charge is 0.490 e. The lowest BCUT2D eigenvalue weighted by Crippen LogP contribution is -2.18. The van der Waals surface area contributed by atoms with E-state index in [1.54, 1.807) is 7.05 Å². The Kier molecular flexibility index (Phi) is 15.6. The van der Waals surface area contributed by atoms with Crippen molar-refractivity contribution in [2.24, 2.45) is 14.1 Å². The smallest absolute Gasteiger partial charge is 0.392 e. The highest BCUT2D eigenvalue weighted by atomic mass is 35.5. The summed E-state index contributed by atoms with van der Waals surface area (Å²) in [5.74, 6) is -3.83. The number of nitrogens with one attached hydrogen (secondary N) is 1. The lowest BCUT2D eigenvalue weighted by molar-refractivity contribution is -0.140. The molecule has 4 aromatic rings. The quantitative estimate of drug-likeness (QED) is 0.133. The molecule has 2 aromatic heterocycles. The monoisotopic (exact) mass is 838 g/mol. The van der Waals surface area contributed by atoms with Gasteiger partial charge in [-0.3, -0.25) is 14.9 Å². The number of benzene rings is 2. The first-order chi connectivity index (χ1) is 23.5. The van der Waals surface area contributed by atoms with Crippen LogP contribution in [0.4, 0.5) is 47.0 Å². The Labute approximate surface area is 305 Å². The summed E-state index contributed by atoms with van der Waals surface area (Å²) in [5.41, 5.74) is 3.80. The molecule has 27 heteroatoms. The van der Waals surface area contributed by atoms with Crippen LogP contribution in [0, 0.1) is 11.6 Å². The van der Waals surface area contributed by atoms with Gasteiger partial charge in [0.25, 0.3) is 11.1 Å². The van der Waals surface area contributed by atoms with Crippen molar-refractivity contribution in [3.63, 3.8) is 0 Å². The molecule has 0 unspecified atom stereocenters. The second-order valence-electron chi connectivity index (χ2n) is 9.16. The number of amides is 1. The molecule has 0 saturated heterocycles. The maximum atomic E-state index is 14.1. The summed E-state index contributed by atoms with van der Waals surface area (Å²) < 4.78 is 112. The molecule has 3 N–H and O–H groups in total. The standard InChI is InChI=1S/C12H9Cl2F4N5O2.C10H5Cl3F4O2.C2H5N5/c1-23-11(20-21-22-23)19-10(24)7-6(15)4-5(13)9(8(7)14)25-3-2-12(16,17)18;11-4-3-5(14)6(9(13)18)7(12)8(4)19-2-1-10(15,16)17;1-7-2(3)4-5-6-7/h4H,2-3H2,1H3,(H,19,20,22,24);3H,1-2H2;1H3,(H2,3,4,6). The van der Waals surface area contributed by atoms with Crippen molar-refractivity contribution in [3.05, 3.63) is 55.0 Å². The molecule has 0 aliphatic rings. The molecule has 0 spiro atoms. The minimum Gasteiger partial charge on any atom is -0.490 e. The average molecular weight is 841 g/mol. The molecule has 280 valence electrons. The van der Waals surface area contributed by atoms with Crippen molar-refractivity contribution in [1.82, 2.24) is 40.4 Å². The number of alkyl halides is 6. The number of hydrogen-bond acceptors (Lipinski definition) is 11. The van der Waals surface area contributed by atoms with Crippen molar-refractivity contribution in [2.45, 2.75) is 25.2 Å². The molecule has 4 rings (SSSR count). The van der Waals surface area contributed by atoms with E-state index in [0.717, 1.165) is 4.68 Å². The number of aromatic nitrogens is 8. The second-order valence-corrected chi connectivity index (χ2v) is 11.1. The molecule has 0 atom stereocenters. The summed E-state index contributed by atoms with van der Waals surface area (Å²) in [7, 11) is 3.09. The summed E-state index contributed by atoms with van der Waals surface area (Å²) >= 11 is 27.9. The molecule has 0 radical (unpaired) electrons. The van der Waals surface area contributed by atoms with Crippen LogP contribution in [-0.2, 0) is 14.1 Å². The Hall–Kier alpha value is -3.99. The summed E-state index contributed by atoms with van der Waals surface area (Å²) in [5, 5.41) is 19.5. The van der Waals surface area contributed by atoms with Gasteiger partial charge < -0.3 is 15.2 Å². The van der Waals surface area contributed by atoms with E-state index in [1.807, 2.05) is 0 Å². The highest BCUT2D eigenvalue weighted by Crippen LogP contribution is 2.39. The second kappa shape index (κ2) is 18.5. The third kappa shape index (κ3) is 13.3. The highest BCUT2D eigenvalue weighted by molar-refractivity contribution is 6.69. The number of carbonyl (C=O) groups is 2.